The zero-order chi connectivity index (χ0) is 15.7. The Kier molecular flexibility index (Phi) is 4.07. The molecule has 2 aromatic rings. The Balaban J connectivity index is 2.20. The molecule has 0 aromatic heterocycles. The zero-order valence-electron chi connectivity index (χ0n) is 12.4. The van der Waals surface area contributed by atoms with Crippen LogP contribution in [0, 0.1) is 0 Å². The Hall–Kier alpha value is -2.01. The Labute approximate surface area is 137 Å². The number of methoxy groups -OCH3 is 2. The van der Waals surface area contributed by atoms with Crippen LogP contribution in [0.5, 0.6) is 11.5 Å². The average Bonchev–Trinajstić information content (AvgIpc) is 2.53. The van der Waals surface area contributed by atoms with E-state index in [9.17, 15) is 4.79 Å². The zero-order valence-corrected chi connectivity index (χ0v) is 13.9. The molecule has 5 heteroatoms. The van der Waals surface area contributed by atoms with Crippen molar-refractivity contribution in [2.75, 3.05) is 19.5 Å². The van der Waals surface area contributed by atoms with Crippen molar-refractivity contribution in [3.63, 3.8) is 0 Å². The molecule has 1 aliphatic rings. The van der Waals surface area contributed by atoms with Crippen LogP contribution in [0.25, 0.3) is 0 Å². The first-order chi connectivity index (χ1) is 10.6. The van der Waals surface area contributed by atoms with Gasteiger partial charge in [-0.15, -0.1) is 0 Å². The molecule has 3 rings (SSSR count). The highest BCUT2D eigenvalue weighted by Gasteiger charge is 2.31. The van der Waals surface area contributed by atoms with E-state index in [0.29, 0.717) is 12.2 Å². The fourth-order valence-corrected chi connectivity index (χ4v) is 3.42. The van der Waals surface area contributed by atoms with E-state index < -0.39 is 0 Å². The predicted molar refractivity (Wildman–Crippen MR) is 88.8 cm³/mol. The van der Waals surface area contributed by atoms with Crippen molar-refractivity contribution in [3.8, 4) is 11.5 Å². The maximum Gasteiger partial charge on any atom is 0.225 e. The molecule has 0 unspecified atom stereocenters. The fourth-order valence-electron chi connectivity index (χ4n) is 2.86. The minimum atomic E-state index is -0.0554. The Bertz CT molecular complexity index is 730. The molecule has 1 aliphatic heterocycles. The molecule has 22 heavy (non-hydrogen) atoms. The lowest BCUT2D eigenvalue weighted by molar-refractivity contribution is -0.116. The van der Waals surface area contributed by atoms with E-state index >= 15 is 0 Å². The lowest BCUT2D eigenvalue weighted by Crippen LogP contribution is -2.24. The van der Waals surface area contributed by atoms with Gasteiger partial charge in [0.1, 0.15) is 11.5 Å². The molecule has 0 saturated heterocycles. The number of halogens is 1. The van der Waals surface area contributed by atoms with Crippen molar-refractivity contribution in [3.05, 3.63) is 52.0 Å². The average molecular weight is 362 g/mol. The normalized spacial score (nSPS) is 16.7. The molecule has 2 aromatic carbocycles. The SMILES string of the molecule is COc1cc2c(c(OC)c1)[C@H](c1ccccc1Br)CC(=O)N2. The summed E-state index contributed by atoms with van der Waals surface area (Å²) in [4.78, 5) is 12.1. The minimum absolute atomic E-state index is 0.0106. The van der Waals surface area contributed by atoms with Crippen molar-refractivity contribution in [1.29, 1.82) is 0 Å². The maximum atomic E-state index is 12.1. The second-order valence-corrected chi connectivity index (χ2v) is 5.97. The number of amides is 1. The van der Waals surface area contributed by atoms with E-state index in [2.05, 4.69) is 21.2 Å². The van der Waals surface area contributed by atoms with Crippen LogP contribution in [-0.2, 0) is 4.79 Å². The second kappa shape index (κ2) is 6.01. The summed E-state index contributed by atoms with van der Waals surface area (Å²) >= 11 is 3.58. The van der Waals surface area contributed by atoms with Crippen LogP contribution in [-0.4, -0.2) is 20.1 Å². The summed E-state index contributed by atoms with van der Waals surface area (Å²) in [5.41, 5.74) is 2.80. The molecule has 1 heterocycles. The van der Waals surface area contributed by atoms with E-state index in [4.69, 9.17) is 9.47 Å². The molecular formula is C17H16BrNO3. The van der Waals surface area contributed by atoms with Crippen molar-refractivity contribution >= 4 is 27.5 Å². The summed E-state index contributed by atoms with van der Waals surface area (Å²) in [5.74, 6) is 1.31. The molecule has 0 spiro atoms. The van der Waals surface area contributed by atoms with Gasteiger partial charge in [0.15, 0.2) is 0 Å². The van der Waals surface area contributed by atoms with Crippen LogP contribution in [0.15, 0.2) is 40.9 Å². The Morgan fingerprint density at radius 1 is 1.18 bits per heavy atom. The number of ether oxygens (including phenoxy) is 2. The van der Waals surface area contributed by atoms with Gasteiger partial charge in [-0.05, 0) is 11.6 Å². The number of fused-ring (bicyclic) bond motifs is 1. The lowest BCUT2D eigenvalue weighted by atomic mass is 9.84. The lowest BCUT2D eigenvalue weighted by Gasteiger charge is -2.28. The van der Waals surface area contributed by atoms with Gasteiger partial charge in [0.2, 0.25) is 5.91 Å². The summed E-state index contributed by atoms with van der Waals surface area (Å²) < 4.78 is 11.8. The van der Waals surface area contributed by atoms with E-state index in [1.807, 2.05) is 36.4 Å². The number of hydrogen-bond acceptors (Lipinski definition) is 3. The highest BCUT2D eigenvalue weighted by molar-refractivity contribution is 9.10. The number of nitrogens with one attached hydrogen (secondary N) is 1. The van der Waals surface area contributed by atoms with Gasteiger partial charge in [-0.25, -0.2) is 0 Å². The third kappa shape index (κ3) is 2.57. The first kappa shape index (κ1) is 14.9. The second-order valence-electron chi connectivity index (χ2n) is 5.12. The van der Waals surface area contributed by atoms with Crippen LogP contribution in [0.3, 0.4) is 0 Å². The van der Waals surface area contributed by atoms with Gasteiger partial charge in [0.25, 0.3) is 0 Å². The van der Waals surface area contributed by atoms with E-state index in [0.717, 1.165) is 27.0 Å². The standard InChI is InChI=1S/C17H16BrNO3/c1-21-10-7-14-17(15(8-10)22-2)12(9-16(20)19-14)11-5-3-4-6-13(11)18/h3-8,12H,9H2,1-2H3,(H,19,20)/t12-/m0/s1. The Morgan fingerprint density at radius 3 is 2.64 bits per heavy atom. The van der Waals surface area contributed by atoms with Crippen LogP contribution in [0.2, 0.25) is 0 Å². The Morgan fingerprint density at radius 2 is 1.95 bits per heavy atom. The number of carbonyl (C=O) groups is 1. The minimum Gasteiger partial charge on any atom is -0.497 e. The topological polar surface area (TPSA) is 47.6 Å². The van der Waals surface area contributed by atoms with Crippen molar-refractivity contribution in [2.45, 2.75) is 12.3 Å². The largest absolute Gasteiger partial charge is 0.497 e. The molecule has 0 radical (unpaired) electrons. The van der Waals surface area contributed by atoms with Gasteiger partial charge in [0.05, 0.1) is 19.9 Å². The molecule has 1 atom stereocenters. The molecule has 4 nitrogen and oxygen atoms in total. The number of benzene rings is 2. The maximum absolute atomic E-state index is 12.1. The number of hydrogen-bond donors (Lipinski definition) is 1. The molecular weight excluding hydrogens is 346 g/mol. The van der Waals surface area contributed by atoms with Crippen molar-refractivity contribution in [1.82, 2.24) is 0 Å². The first-order valence-electron chi connectivity index (χ1n) is 6.94. The van der Waals surface area contributed by atoms with Gasteiger partial charge >= 0.3 is 0 Å². The third-order valence-electron chi connectivity index (χ3n) is 3.86. The van der Waals surface area contributed by atoms with E-state index in [-0.39, 0.29) is 11.8 Å². The van der Waals surface area contributed by atoms with Crippen LogP contribution in [0.4, 0.5) is 5.69 Å². The van der Waals surface area contributed by atoms with Gasteiger partial charge < -0.3 is 14.8 Å². The molecule has 0 saturated carbocycles. The molecule has 1 amide bonds. The molecule has 0 aliphatic carbocycles. The summed E-state index contributed by atoms with van der Waals surface area (Å²) in [7, 11) is 3.22. The number of rotatable bonds is 3. The first-order valence-corrected chi connectivity index (χ1v) is 7.73. The van der Waals surface area contributed by atoms with Crippen LogP contribution < -0.4 is 14.8 Å². The highest BCUT2D eigenvalue weighted by atomic mass is 79.9. The molecule has 1 N–H and O–H groups in total. The highest BCUT2D eigenvalue weighted by Crippen LogP contribution is 2.46. The van der Waals surface area contributed by atoms with Gasteiger partial charge in [-0.3, -0.25) is 4.79 Å². The van der Waals surface area contributed by atoms with Crippen molar-refractivity contribution in [2.24, 2.45) is 0 Å². The van der Waals surface area contributed by atoms with E-state index in [1.54, 1.807) is 14.2 Å². The summed E-state index contributed by atoms with van der Waals surface area (Å²) in [6, 6.07) is 11.6. The predicted octanol–water partition coefficient (Wildman–Crippen LogP) is 3.94. The number of anilines is 1. The quantitative estimate of drug-likeness (QED) is 0.900. The van der Waals surface area contributed by atoms with Crippen LogP contribution >= 0.6 is 15.9 Å². The van der Waals surface area contributed by atoms with Gasteiger partial charge in [-0.2, -0.15) is 0 Å². The van der Waals surface area contributed by atoms with Crippen molar-refractivity contribution < 1.29 is 14.3 Å². The summed E-state index contributed by atoms with van der Waals surface area (Å²) in [6.07, 6.45) is 0.387. The fraction of sp³-hybridized carbons (Fsp3) is 0.235. The van der Waals surface area contributed by atoms with Gasteiger partial charge in [0, 0.05) is 34.5 Å². The summed E-state index contributed by atoms with van der Waals surface area (Å²) in [5, 5.41) is 2.91. The number of carbonyl (C=O) groups excluding carboxylic acids is 1. The molecule has 114 valence electrons. The molecule has 0 bridgehead atoms. The van der Waals surface area contributed by atoms with E-state index in [1.165, 1.54) is 0 Å². The monoisotopic (exact) mass is 361 g/mol. The summed E-state index contributed by atoms with van der Waals surface area (Å²) in [6.45, 7) is 0. The third-order valence-corrected chi connectivity index (χ3v) is 4.59. The van der Waals surface area contributed by atoms with Crippen LogP contribution in [0.1, 0.15) is 23.5 Å². The smallest absolute Gasteiger partial charge is 0.225 e. The van der Waals surface area contributed by atoms with Gasteiger partial charge in [-0.1, -0.05) is 34.1 Å². The molecule has 0 fully saturated rings.